The Morgan fingerprint density at radius 3 is 2.40 bits per heavy atom. The molecule has 0 aliphatic rings. The Kier molecular flexibility index (Phi) is 5.51. The molecule has 0 spiro atoms. The van der Waals surface area contributed by atoms with Gasteiger partial charge >= 0.3 is 0 Å². The summed E-state index contributed by atoms with van der Waals surface area (Å²) >= 11 is 5.92. The number of nitrogens with one attached hydrogen (secondary N) is 1. The lowest BCUT2D eigenvalue weighted by Gasteiger charge is -2.19. The molecule has 3 aromatic rings. The van der Waals surface area contributed by atoms with E-state index in [2.05, 4.69) is 32.3 Å². The molecule has 0 bridgehead atoms. The highest BCUT2D eigenvalue weighted by molar-refractivity contribution is 6.30. The van der Waals surface area contributed by atoms with Crippen molar-refractivity contribution in [3.63, 3.8) is 0 Å². The van der Waals surface area contributed by atoms with Crippen molar-refractivity contribution in [1.29, 1.82) is 0 Å². The second-order valence-electron chi connectivity index (χ2n) is 6.01. The van der Waals surface area contributed by atoms with Crippen molar-refractivity contribution >= 4 is 23.4 Å². The highest BCUT2D eigenvalue weighted by Gasteiger charge is 2.07. The van der Waals surface area contributed by atoms with Crippen molar-refractivity contribution in [2.24, 2.45) is 0 Å². The minimum atomic E-state index is 0.630. The van der Waals surface area contributed by atoms with Crippen molar-refractivity contribution in [1.82, 2.24) is 9.97 Å². The third-order valence-corrected chi connectivity index (χ3v) is 4.11. The molecule has 25 heavy (non-hydrogen) atoms. The van der Waals surface area contributed by atoms with Crippen LogP contribution in [-0.2, 0) is 13.1 Å². The van der Waals surface area contributed by atoms with Crippen LogP contribution >= 0.6 is 11.6 Å². The largest absolute Gasteiger partial charge is 0.355 e. The van der Waals surface area contributed by atoms with Crippen molar-refractivity contribution in [3.05, 3.63) is 82.5 Å². The SMILES string of the molecule is Cc1cc(N(C)Cc2ccccc2)nc(NCc2ccc(Cl)cc2)n1. The first-order valence-electron chi connectivity index (χ1n) is 8.19. The molecule has 0 fully saturated rings. The summed E-state index contributed by atoms with van der Waals surface area (Å²) in [5.74, 6) is 1.53. The number of hydrogen-bond donors (Lipinski definition) is 1. The quantitative estimate of drug-likeness (QED) is 0.699. The Hall–Kier alpha value is -2.59. The third kappa shape index (κ3) is 4.94. The number of aryl methyl sites for hydroxylation is 1. The molecule has 0 unspecified atom stereocenters. The average molecular weight is 353 g/mol. The fraction of sp³-hybridized carbons (Fsp3) is 0.200. The molecule has 3 rings (SSSR count). The van der Waals surface area contributed by atoms with Gasteiger partial charge in [-0.3, -0.25) is 0 Å². The Labute approximate surface area is 153 Å². The maximum atomic E-state index is 5.92. The van der Waals surface area contributed by atoms with Crippen LogP contribution in [-0.4, -0.2) is 17.0 Å². The normalized spacial score (nSPS) is 10.5. The van der Waals surface area contributed by atoms with Crippen molar-refractivity contribution < 1.29 is 0 Å². The molecule has 1 aromatic heterocycles. The van der Waals surface area contributed by atoms with Crippen LogP contribution in [0.5, 0.6) is 0 Å². The maximum Gasteiger partial charge on any atom is 0.225 e. The Morgan fingerprint density at radius 2 is 1.68 bits per heavy atom. The molecule has 0 aliphatic heterocycles. The second kappa shape index (κ2) is 7.99. The zero-order chi connectivity index (χ0) is 17.6. The molecule has 4 nitrogen and oxygen atoms in total. The number of benzene rings is 2. The van der Waals surface area contributed by atoms with Gasteiger partial charge in [0.2, 0.25) is 5.95 Å². The van der Waals surface area contributed by atoms with E-state index in [4.69, 9.17) is 11.6 Å². The van der Waals surface area contributed by atoms with E-state index < -0.39 is 0 Å². The van der Waals surface area contributed by atoms with Gasteiger partial charge < -0.3 is 10.2 Å². The zero-order valence-electron chi connectivity index (χ0n) is 14.4. The van der Waals surface area contributed by atoms with E-state index in [9.17, 15) is 0 Å². The van der Waals surface area contributed by atoms with Gasteiger partial charge in [-0.05, 0) is 30.2 Å². The fourth-order valence-electron chi connectivity index (χ4n) is 2.55. The van der Waals surface area contributed by atoms with Crippen LogP contribution in [0.4, 0.5) is 11.8 Å². The van der Waals surface area contributed by atoms with E-state index in [1.807, 2.05) is 62.5 Å². The average Bonchev–Trinajstić information content (AvgIpc) is 2.61. The number of anilines is 2. The molecule has 0 atom stereocenters. The van der Waals surface area contributed by atoms with Gasteiger partial charge in [0.1, 0.15) is 5.82 Å². The second-order valence-corrected chi connectivity index (χ2v) is 6.45. The highest BCUT2D eigenvalue weighted by Crippen LogP contribution is 2.17. The van der Waals surface area contributed by atoms with Crippen LogP contribution in [0.25, 0.3) is 0 Å². The van der Waals surface area contributed by atoms with E-state index in [0.29, 0.717) is 12.5 Å². The zero-order valence-corrected chi connectivity index (χ0v) is 15.2. The van der Waals surface area contributed by atoms with E-state index >= 15 is 0 Å². The Balaban J connectivity index is 1.70. The van der Waals surface area contributed by atoms with E-state index in [1.165, 1.54) is 5.56 Å². The first-order chi connectivity index (χ1) is 12.1. The lowest BCUT2D eigenvalue weighted by molar-refractivity contribution is 0.884. The molecule has 2 aromatic carbocycles. The molecule has 0 saturated carbocycles. The predicted molar refractivity (Wildman–Crippen MR) is 104 cm³/mol. The van der Waals surface area contributed by atoms with Crippen molar-refractivity contribution in [2.75, 3.05) is 17.3 Å². The van der Waals surface area contributed by atoms with Crippen LogP contribution in [0.2, 0.25) is 5.02 Å². The smallest absolute Gasteiger partial charge is 0.225 e. The van der Waals surface area contributed by atoms with E-state index in [1.54, 1.807) is 0 Å². The molecule has 0 saturated heterocycles. The topological polar surface area (TPSA) is 41.1 Å². The minimum Gasteiger partial charge on any atom is -0.355 e. The molecular formula is C20H21ClN4. The number of nitrogens with zero attached hydrogens (tertiary/aromatic N) is 3. The highest BCUT2D eigenvalue weighted by atomic mass is 35.5. The summed E-state index contributed by atoms with van der Waals surface area (Å²) in [6.07, 6.45) is 0. The summed E-state index contributed by atoms with van der Waals surface area (Å²) in [4.78, 5) is 11.2. The summed E-state index contributed by atoms with van der Waals surface area (Å²) in [7, 11) is 2.04. The minimum absolute atomic E-state index is 0.630. The Bertz CT molecular complexity index is 819. The number of halogens is 1. The molecule has 128 valence electrons. The van der Waals surface area contributed by atoms with Gasteiger partial charge in [0.15, 0.2) is 0 Å². The first-order valence-corrected chi connectivity index (χ1v) is 8.57. The fourth-order valence-corrected chi connectivity index (χ4v) is 2.67. The van der Waals surface area contributed by atoms with Gasteiger partial charge in [0.05, 0.1) is 0 Å². The lowest BCUT2D eigenvalue weighted by Crippen LogP contribution is -2.19. The molecule has 1 heterocycles. The molecule has 5 heteroatoms. The summed E-state index contributed by atoms with van der Waals surface area (Å²) in [6.45, 7) is 3.44. The number of hydrogen-bond acceptors (Lipinski definition) is 4. The number of rotatable bonds is 6. The van der Waals surface area contributed by atoms with Gasteiger partial charge in [-0.25, -0.2) is 4.98 Å². The first kappa shape index (κ1) is 17.2. The van der Waals surface area contributed by atoms with Gasteiger partial charge in [-0.2, -0.15) is 4.98 Å². The predicted octanol–water partition coefficient (Wildman–Crippen LogP) is 4.69. The van der Waals surface area contributed by atoms with E-state index in [0.717, 1.165) is 28.6 Å². The molecule has 0 radical (unpaired) electrons. The monoisotopic (exact) mass is 352 g/mol. The Morgan fingerprint density at radius 1 is 0.960 bits per heavy atom. The van der Waals surface area contributed by atoms with E-state index in [-0.39, 0.29) is 0 Å². The number of aromatic nitrogens is 2. The summed E-state index contributed by atoms with van der Waals surface area (Å²) in [5, 5.41) is 4.02. The third-order valence-electron chi connectivity index (χ3n) is 3.86. The maximum absolute atomic E-state index is 5.92. The van der Waals surface area contributed by atoms with Crippen molar-refractivity contribution in [2.45, 2.75) is 20.0 Å². The van der Waals surface area contributed by atoms with Crippen LogP contribution in [0.3, 0.4) is 0 Å². The molecular weight excluding hydrogens is 332 g/mol. The van der Waals surface area contributed by atoms with Crippen LogP contribution in [0, 0.1) is 6.92 Å². The van der Waals surface area contributed by atoms with Gasteiger partial charge in [-0.15, -0.1) is 0 Å². The van der Waals surface area contributed by atoms with Crippen molar-refractivity contribution in [3.8, 4) is 0 Å². The molecule has 1 N–H and O–H groups in total. The van der Waals surface area contributed by atoms with Crippen LogP contribution in [0.15, 0.2) is 60.7 Å². The van der Waals surface area contributed by atoms with Gasteiger partial charge in [0.25, 0.3) is 0 Å². The van der Waals surface area contributed by atoms with Crippen LogP contribution < -0.4 is 10.2 Å². The van der Waals surface area contributed by atoms with Crippen LogP contribution in [0.1, 0.15) is 16.8 Å². The molecule has 0 aliphatic carbocycles. The lowest BCUT2D eigenvalue weighted by atomic mass is 10.2. The summed E-state index contributed by atoms with van der Waals surface area (Å²) < 4.78 is 0. The molecule has 0 amide bonds. The van der Waals surface area contributed by atoms with Gasteiger partial charge in [0, 0.05) is 36.9 Å². The van der Waals surface area contributed by atoms with Gasteiger partial charge in [-0.1, -0.05) is 54.1 Å². The standard InChI is InChI=1S/C20H21ClN4/c1-15-12-19(25(2)14-17-6-4-3-5-7-17)24-20(23-15)22-13-16-8-10-18(21)11-9-16/h3-12H,13-14H2,1-2H3,(H,22,23,24). The summed E-state index contributed by atoms with van der Waals surface area (Å²) in [6, 6.07) is 20.1. The summed E-state index contributed by atoms with van der Waals surface area (Å²) in [5.41, 5.74) is 3.31.